The first-order valence-electron chi connectivity index (χ1n) is 14.8. The van der Waals surface area contributed by atoms with E-state index in [0.29, 0.717) is 31.9 Å². The summed E-state index contributed by atoms with van der Waals surface area (Å²) in [6, 6.07) is 11.8. The molecule has 0 bridgehead atoms. The Kier molecular flexibility index (Phi) is 10.2. The number of methoxy groups -OCH3 is 4. The molecule has 240 valence electrons. The first-order valence-corrected chi connectivity index (χ1v) is 17.3. The van der Waals surface area contributed by atoms with Gasteiger partial charge in [0.05, 0.1) is 32.9 Å². The van der Waals surface area contributed by atoms with Crippen LogP contribution >= 0.6 is 23.1 Å². The van der Waals surface area contributed by atoms with Gasteiger partial charge < -0.3 is 23.5 Å². The lowest BCUT2D eigenvalue weighted by Gasteiger charge is -2.33. The van der Waals surface area contributed by atoms with Crippen molar-refractivity contribution in [2.75, 3.05) is 28.4 Å². The van der Waals surface area contributed by atoms with Crippen LogP contribution in [0, 0.1) is 0 Å². The van der Waals surface area contributed by atoms with Crippen LogP contribution in [0.3, 0.4) is 0 Å². The fourth-order valence-electron chi connectivity index (χ4n) is 5.50. The number of ether oxygens (including phenoxy) is 4. The van der Waals surface area contributed by atoms with E-state index in [4.69, 9.17) is 18.9 Å². The number of benzene rings is 3. The van der Waals surface area contributed by atoms with Crippen molar-refractivity contribution in [1.82, 2.24) is 0 Å². The first kappa shape index (κ1) is 35.8. The lowest BCUT2D eigenvalue weighted by Crippen LogP contribution is -2.31. The van der Waals surface area contributed by atoms with Crippen molar-refractivity contribution in [2.45, 2.75) is 85.5 Å². The van der Waals surface area contributed by atoms with Crippen molar-refractivity contribution >= 4 is 44.6 Å². The van der Waals surface area contributed by atoms with Gasteiger partial charge in [0, 0.05) is 44.2 Å². The second-order valence-electron chi connectivity index (χ2n) is 14.5. The lowest BCUT2D eigenvalue weighted by atomic mass is 9.79. The van der Waals surface area contributed by atoms with Crippen molar-refractivity contribution in [2.24, 2.45) is 0 Å². The molecule has 1 atom stereocenters. The van der Waals surface area contributed by atoms with Gasteiger partial charge in [0.25, 0.3) is 0 Å². The van der Waals surface area contributed by atoms with E-state index in [1.54, 1.807) is 34.5 Å². The van der Waals surface area contributed by atoms with E-state index in [-0.39, 0.29) is 16.2 Å². The van der Waals surface area contributed by atoms with E-state index >= 15 is 4.57 Å². The Balaban J connectivity index is 2.75. The molecule has 0 spiro atoms. The molecule has 3 rings (SSSR count). The van der Waals surface area contributed by atoms with Gasteiger partial charge in [0.15, 0.2) is 7.14 Å². The van der Waals surface area contributed by atoms with E-state index in [0.717, 1.165) is 39.3 Å². The molecule has 0 aliphatic carbocycles. The minimum Gasteiger partial charge on any atom is -0.497 e. The summed E-state index contributed by atoms with van der Waals surface area (Å²) >= 11 is 3.79. The van der Waals surface area contributed by atoms with Crippen LogP contribution in [-0.4, -0.2) is 28.4 Å². The zero-order valence-corrected chi connectivity index (χ0v) is 31.5. The first-order chi connectivity index (χ1) is 20.2. The molecule has 0 saturated heterocycles. The van der Waals surface area contributed by atoms with Gasteiger partial charge in [-0.1, -0.05) is 68.9 Å². The quantitative estimate of drug-likeness (QED) is 0.222. The normalized spacial score (nSPS) is 13.7. The van der Waals surface area contributed by atoms with Crippen LogP contribution in [-0.2, 0) is 20.8 Å². The summed E-state index contributed by atoms with van der Waals surface area (Å²) in [5.74, 6) is 2.63. The van der Waals surface area contributed by atoms with Crippen LogP contribution < -0.4 is 34.9 Å². The van der Waals surface area contributed by atoms with E-state index in [2.05, 4.69) is 97.0 Å². The highest BCUT2D eigenvalue weighted by Gasteiger charge is 2.39. The van der Waals surface area contributed by atoms with Crippen LogP contribution in [0.2, 0.25) is 0 Å². The van der Waals surface area contributed by atoms with Crippen LogP contribution in [0.4, 0.5) is 0 Å². The molecule has 0 heterocycles. The fraction of sp³-hybridized carbons (Fsp3) is 0.459. The SMILES string of the molecule is C=C(C)c1cc(P(=O)(c2cc(C(C)(C)C)c(OC)c(C(C)(C)C)c2)c2cc(OC)cc(OC)c2Br)cc(C(C)(C)C)c1OC. The summed E-state index contributed by atoms with van der Waals surface area (Å²) in [4.78, 5) is 0. The van der Waals surface area contributed by atoms with E-state index in [1.807, 2.05) is 25.1 Å². The Labute approximate surface area is 273 Å². The number of halogens is 1. The number of hydrogen-bond acceptors (Lipinski definition) is 5. The Morgan fingerprint density at radius 2 is 1.09 bits per heavy atom. The zero-order chi connectivity index (χ0) is 33.6. The fourth-order valence-corrected chi connectivity index (χ4v) is 9.43. The molecule has 0 radical (unpaired) electrons. The van der Waals surface area contributed by atoms with Gasteiger partial charge in [-0.3, -0.25) is 0 Å². The summed E-state index contributed by atoms with van der Waals surface area (Å²) in [5, 5.41) is 1.94. The largest absolute Gasteiger partial charge is 0.497 e. The summed E-state index contributed by atoms with van der Waals surface area (Å²) in [7, 11) is 2.91. The highest BCUT2D eigenvalue weighted by atomic mass is 79.9. The monoisotopic (exact) mass is 684 g/mol. The molecule has 0 fully saturated rings. The minimum atomic E-state index is -3.67. The Morgan fingerprint density at radius 1 is 0.659 bits per heavy atom. The molecular formula is C37H50BrO5P. The predicted octanol–water partition coefficient (Wildman–Crippen LogP) is 9.05. The molecule has 0 aliphatic rings. The molecule has 7 heteroatoms. The molecule has 0 aromatic heterocycles. The predicted molar refractivity (Wildman–Crippen MR) is 191 cm³/mol. The third-order valence-electron chi connectivity index (χ3n) is 7.96. The molecule has 3 aromatic carbocycles. The second kappa shape index (κ2) is 12.6. The highest BCUT2D eigenvalue weighted by Crippen LogP contribution is 2.52. The molecule has 0 amide bonds. The summed E-state index contributed by atoms with van der Waals surface area (Å²) < 4.78 is 40.7. The molecule has 1 unspecified atom stereocenters. The molecule has 3 aromatic rings. The van der Waals surface area contributed by atoms with Crippen molar-refractivity contribution in [3.63, 3.8) is 0 Å². The van der Waals surface area contributed by atoms with E-state index in [1.165, 1.54) is 0 Å². The summed E-state index contributed by atoms with van der Waals surface area (Å²) in [5.41, 5.74) is 3.65. The Hall–Kier alpha value is -2.69. The lowest BCUT2D eigenvalue weighted by molar-refractivity contribution is 0.382. The van der Waals surface area contributed by atoms with E-state index in [9.17, 15) is 0 Å². The summed E-state index contributed by atoms with van der Waals surface area (Å²) in [6.45, 7) is 25.6. The van der Waals surface area contributed by atoms with Gasteiger partial charge in [-0.2, -0.15) is 0 Å². The number of hydrogen-bond donors (Lipinski definition) is 0. The van der Waals surface area contributed by atoms with Crippen molar-refractivity contribution in [1.29, 1.82) is 0 Å². The van der Waals surface area contributed by atoms with Crippen LogP contribution in [0.25, 0.3) is 5.57 Å². The minimum absolute atomic E-state index is 0.297. The maximum atomic E-state index is 16.5. The van der Waals surface area contributed by atoms with Crippen molar-refractivity contribution < 1.29 is 23.5 Å². The molecule has 0 N–H and O–H groups in total. The third-order valence-corrected chi connectivity index (χ3v) is 12.1. The topological polar surface area (TPSA) is 54.0 Å². The van der Waals surface area contributed by atoms with Crippen molar-refractivity contribution in [3.8, 4) is 23.0 Å². The van der Waals surface area contributed by atoms with Gasteiger partial charge in [0.2, 0.25) is 0 Å². The van der Waals surface area contributed by atoms with Crippen molar-refractivity contribution in [3.05, 3.63) is 69.7 Å². The number of allylic oxidation sites excluding steroid dienone is 1. The Bertz CT molecular complexity index is 1580. The highest BCUT2D eigenvalue weighted by molar-refractivity contribution is 9.10. The Morgan fingerprint density at radius 3 is 1.45 bits per heavy atom. The van der Waals surface area contributed by atoms with Gasteiger partial charge in [0.1, 0.15) is 23.0 Å². The van der Waals surface area contributed by atoms with Gasteiger partial charge in [-0.15, -0.1) is 0 Å². The number of rotatable bonds is 8. The summed E-state index contributed by atoms with van der Waals surface area (Å²) in [6.07, 6.45) is 0. The van der Waals surface area contributed by atoms with Crippen LogP contribution in [0.15, 0.2) is 47.4 Å². The molecule has 44 heavy (non-hydrogen) atoms. The molecule has 0 saturated carbocycles. The average molecular weight is 686 g/mol. The van der Waals surface area contributed by atoms with Gasteiger partial charge in [-0.05, 0) is 75.0 Å². The second-order valence-corrected chi connectivity index (χ2v) is 18.0. The molecule has 5 nitrogen and oxygen atoms in total. The van der Waals surface area contributed by atoms with Gasteiger partial charge >= 0.3 is 0 Å². The van der Waals surface area contributed by atoms with Crippen LogP contribution in [0.5, 0.6) is 23.0 Å². The standard InChI is InChI=1S/C37H50BrO5P/c1-22(2)26-18-24(19-27(33(26)42-14)35(3,4)5)44(39,31-17-23(40-12)16-30(41-13)32(31)38)25-20-28(36(6,7)8)34(43-15)29(21-25)37(9,10)11/h16-21H,1H2,2-15H3. The van der Waals surface area contributed by atoms with Gasteiger partial charge in [-0.25, -0.2) is 0 Å². The maximum Gasteiger partial charge on any atom is 0.172 e. The molecular weight excluding hydrogens is 635 g/mol. The maximum absolute atomic E-state index is 16.5. The smallest absolute Gasteiger partial charge is 0.172 e. The zero-order valence-electron chi connectivity index (χ0n) is 29.0. The third kappa shape index (κ3) is 6.63. The average Bonchev–Trinajstić information content (AvgIpc) is 2.93. The van der Waals surface area contributed by atoms with E-state index < -0.39 is 7.14 Å². The van der Waals surface area contributed by atoms with Crippen LogP contribution in [0.1, 0.15) is 91.5 Å². The molecule has 0 aliphatic heterocycles.